The first-order chi connectivity index (χ1) is 10.2. The van der Waals surface area contributed by atoms with Crippen molar-refractivity contribution in [2.24, 2.45) is 7.05 Å². The van der Waals surface area contributed by atoms with E-state index in [0.29, 0.717) is 17.0 Å². The number of ketones is 1. The topological polar surface area (TPSA) is 48.0 Å². The Morgan fingerprint density at radius 1 is 1.10 bits per heavy atom. The van der Waals surface area contributed by atoms with E-state index < -0.39 is 0 Å². The number of rotatable bonds is 2. The molecule has 0 bridgehead atoms. The minimum absolute atomic E-state index is 0.192. The van der Waals surface area contributed by atoms with Gasteiger partial charge in [0.1, 0.15) is 11.3 Å². The van der Waals surface area contributed by atoms with Gasteiger partial charge < -0.3 is 4.42 Å². The van der Waals surface area contributed by atoms with Crippen molar-refractivity contribution in [1.29, 1.82) is 0 Å². The maximum absolute atomic E-state index is 12.7. The molecule has 0 amide bonds. The van der Waals surface area contributed by atoms with Gasteiger partial charge in [0.25, 0.3) is 0 Å². The van der Waals surface area contributed by atoms with Crippen LogP contribution in [-0.2, 0) is 7.05 Å². The Bertz CT molecular complexity index is 946. The SMILES string of the molecule is Cn1nc(C(=O)c2cc3ccccc3o2)c2ccccc21. The Balaban J connectivity index is 1.90. The number of aryl methyl sites for hydroxylation is 1. The van der Waals surface area contributed by atoms with Crippen LogP contribution in [-0.4, -0.2) is 15.6 Å². The molecule has 2 heterocycles. The van der Waals surface area contributed by atoms with Gasteiger partial charge in [-0.25, -0.2) is 0 Å². The lowest BCUT2D eigenvalue weighted by atomic mass is 10.1. The molecule has 4 rings (SSSR count). The number of carbonyl (C=O) groups excluding carboxylic acids is 1. The van der Waals surface area contributed by atoms with Gasteiger partial charge in [0.15, 0.2) is 5.76 Å². The van der Waals surface area contributed by atoms with Crippen molar-refractivity contribution >= 4 is 27.7 Å². The van der Waals surface area contributed by atoms with Gasteiger partial charge in [0.05, 0.1) is 5.52 Å². The molecule has 102 valence electrons. The van der Waals surface area contributed by atoms with Crippen molar-refractivity contribution in [3.05, 3.63) is 66.1 Å². The van der Waals surface area contributed by atoms with E-state index in [-0.39, 0.29) is 5.78 Å². The number of aromatic nitrogens is 2. The van der Waals surface area contributed by atoms with Crippen molar-refractivity contribution in [2.75, 3.05) is 0 Å². The summed E-state index contributed by atoms with van der Waals surface area (Å²) in [6.45, 7) is 0. The van der Waals surface area contributed by atoms with E-state index in [1.807, 2.05) is 55.6 Å². The molecule has 0 aliphatic rings. The summed E-state index contributed by atoms with van der Waals surface area (Å²) in [4.78, 5) is 12.7. The monoisotopic (exact) mass is 276 g/mol. The lowest BCUT2D eigenvalue weighted by molar-refractivity contribution is 0.101. The van der Waals surface area contributed by atoms with Crippen molar-refractivity contribution in [3.63, 3.8) is 0 Å². The van der Waals surface area contributed by atoms with Crippen LogP contribution in [0, 0.1) is 0 Å². The summed E-state index contributed by atoms with van der Waals surface area (Å²) < 4.78 is 7.36. The fourth-order valence-corrected chi connectivity index (χ4v) is 2.59. The summed E-state index contributed by atoms with van der Waals surface area (Å²) >= 11 is 0. The van der Waals surface area contributed by atoms with Crippen LogP contribution in [0.25, 0.3) is 21.9 Å². The molecular formula is C17H12N2O2. The van der Waals surface area contributed by atoms with E-state index in [2.05, 4.69) is 5.10 Å². The highest BCUT2D eigenvalue weighted by Gasteiger charge is 2.20. The summed E-state index contributed by atoms with van der Waals surface area (Å²) in [5.74, 6) is 0.128. The number of benzene rings is 2. The number of hydrogen-bond donors (Lipinski definition) is 0. The van der Waals surface area contributed by atoms with Crippen LogP contribution in [0.4, 0.5) is 0 Å². The Labute approximate surface area is 120 Å². The molecule has 0 fully saturated rings. The van der Waals surface area contributed by atoms with E-state index in [9.17, 15) is 4.79 Å². The van der Waals surface area contributed by atoms with Crippen LogP contribution >= 0.6 is 0 Å². The molecule has 4 nitrogen and oxygen atoms in total. The molecule has 4 aromatic rings. The van der Waals surface area contributed by atoms with Gasteiger partial charge in [0, 0.05) is 17.8 Å². The first-order valence-electron chi connectivity index (χ1n) is 6.69. The molecule has 2 aromatic heterocycles. The van der Waals surface area contributed by atoms with Gasteiger partial charge >= 0.3 is 0 Å². The summed E-state index contributed by atoms with van der Waals surface area (Å²) in [6, 6.07) is 17.0. The lowest BCUT2D eigenvalue weighted by Gasteiger charge is -1.93. The van der Waals surface area contributed by atoms with Crippen LogP contribution in [0.5, 0.6) is 0 Å². The Morgan fingerprint density at radius 3 is 2.71 bits per heavy atom. The first-order valence-corrected chi connectivity index (χ1v) is 6.69. The third-order valence-electron chi connectivity index (χ3n) is 3.62. The lowest BCUT2D eigenvalue weighted by Crippen LogP contribution is -2.02. The molecule has 0 aliphatic carbocycles. The highest BCUT2D eigenvalue weighted by molar-refractivity contribution is 6.14. The molecule has 0 atom stereocenters. The second-order valence-electron chi connectivity index (χ2n) is 4.97. The highest BCUT2D eigenvalue weighted by Crippen LogP contribution is 2.24. The standard InChI is InChI=1S/C17H12N2O2/c1-19-13-8-4-3-7-12(13)16(18-19)17(20)15-10-11-6-2-5-9-14(11)21-15/h2-10H,1H3. The van der Waals surface area contributed by atoms with Crippen LogP contribution in [0.2, 0.25) is 0 Å². The van der Waals surface area contributed by atoms with Gasteiger partial charge in [-0.2, -0.15) is 5.10 Å². The number of fused-ring (bicyclic) bond motifs is 2. The number of hydrogen-bond acceptors (Lipinski definition) is 3. The molecule has 4 heteroatoms. The third-order valence-corrected chi connectivity index (χ3v) is 3.62. The van der Waals surface area contributed by atoms with E-state index in [1.54, 1.807) is 10.7 Å². The normalized spacial score (nSPS) is 11.3. The minimum Gasteiger partial charge on any atom is -0.453 e. The largest absolute Gasteiger partial charge is 0.453 e. The molecular weight excluding hydrogens is 264 g/mol. The van der Waals surface area contributed by atoms with Crippen molar-refractivity contribution in [1.82, 2.24) is 9.78 Å². The number of carbonyl (C=O) groups is 1. The summed E-state index contributed by atoms with van der Waals surface area (Å²) in [5, 5.41) is 6.10. The molecule has 0 N–H and O–H groups in total. The molecule has 0 unspecified atom stereocenters. The first kappa shape index (κ1) is 11.9. The van der Waals surface area contributed by atoms with E-state index in [1.165, 1.54) is 0 Å². The molecule has 2 aromatic carbocycles. The van der Waals surface area contributed by atoms with Crippen LogP contribution < -0.4 is 0 Å². The number of nitrogens with zero attached hydrogens (tertiary/aromatic N) is 2. The van der Waals surface area contributed by atoms with Crippen LogP contribution in [0.15, 0.2) is 59.0 Å². The summed E-state index contributed by atoms with van der Waals surface area (Å²) in [6.07, 6.45) is 0. The quantitative estimate of drug-likeness (QED) is 0.526. The molecule has 0 radical (unpaired) electrons. The fourth-order valence-electron chi connectivity index (χ4n) is 2.59. The zero-order chi connectivity index (χ0) is 14.4. The number of para-hydroxylation sites is 2. The van der Waals surface area contributed by atoms with E-state index in [0.717, 1.165) is 16.3 Å². The fraction of sp³-hybridized carbons (Fsp3) is 0.0588. The van der Waals surface area contributed by atoms with Gasteiger partial charge in [-0.3, -0.25) is 9.48 Å². The van der Waals surface area contributed by atoms with E-state index in [4.69, 9.17) is 4.42 Å². The average Bonchev–Trinajstić information content (AvgIpc) is 3.09. The Morgan fingerprint density at radius 2 is 1.86 bits per heavy atom. The van der Waals surface area contributed by atoms with Crippen molar-refractivity contribution in [2.45, 2.75) is 0 Å². The molecule has 21 heavy (non-hydrogen) atoms. The Kier molecular flexibility index (Phi) is 2.44. The molecule has 0 aliphatic heterocycles. The molecule has 0 saturated carbocycles. The smallest absolute Gasteiger partial charge is 0.249 e. The summed E-state index contributed by atoms with van der Waals surface area (Å²) in [5.41, 5.74) is 2.06. The maximum atomic E-state index is 12.7. The average molecular weight is 276 g/mol. The highest BCUT2D eigenvalue weighted by atomic mass is 16.3. The van der Waals surface area contributed by atoms with Gasteiger partial charge in [-0.15, -0.1) is 0 Å². The van der Waals surface area contributed by atoms with Crippen LogP contribution in [0.1, 0.15) is 16.2 Å². The zero-order valence-corrected chi connectivity index (χ0v) is 11.4. The molecule has 0 spiro atoms. The molecule has 0 saturated heterocycles. The number of furan rings is 1. The van der Waals surface area contributed by atoms with Gasteiger partial charge in [-0.05, 0) is 18.2 Å². The maximum Gasteiger partial charge on any atom is 0.249 e. The van der Waals surface area contributed by atoms with Crippen LogP contribution in [0.3, 0.4) is 0 Å². The van der Waals surface area contributed by atoms with Gasteiger partial charge in [-0.1, -0.05) is 36.4 Å². The minimum atomic E-state index is -0.192. The van der Waals surface area contributed by atoms with Crippen molar-refractivity contribution in [3.8, 4) is 0 Å². The second kappa shape index (κ2) is 4.31. The Hall–Kier alpha value is -2.88. The second-order valence-corrected chi connectivity index (χ2v) is 4.97. The van der Waals surface area contributed by atoms with Gasteiger partial charge in [0.2, 0.25) is 5.78 Å². The predicted molar refractivity (Wildman–Crippen MR) is 80.4 cm³/mol. The van der Waals surface area contributed by atoms with Crippen molar-refractivity contribution < 1.29 is 9.21 Å². The zero-order valence-electron chi connectivity index (χ0n) is 11.4. The summed E-state index contributed by atoms with van der Waals surface area (Å²) in [7, 11) is 1.83. The third kappa shape index (κ3) is 1.76. The van der Waals surface area contributed by atoms with E-state index >= 15 is 0 Å². The predicted octanol–water partition coefficient (Wildman–Crippen LogP) is 3.55.